The third-order valence-corrected chi connectivity index (χ3v) is 4.64. The maximum absolute atomic E-state index is 11.3. The van der Waals surface area contributed by atoms with Crippen LogP contribution in [0.4, 0.5) is 0 Å². The van der Waals surface area contributed by atoms with Gasteiger partial charge < -0.3 is 5.11 Å². The van der Waals surface area contributed by atoms with E-state index in [0.717, 1.165) is 0 Å². The molecule has 0 aliphatic carbocycles. The van der Waals surface area contributed by atoms with Gasteiger partial charge in [0.2, 0.25) is 0 Å². The molecule has 1 aliphatic heterocycles. The second-order valence-electron chi connectivity index (χ2n) is 3.43. The van der Waals surface area contributed by atoms with E-state index in [9.17, 15) is 13.5 Å². The lowest BCUT2D eigenvalue weighted by atomic mass is 10.0. The van der Waals surface area contributed by atoms with E-state index in [1.165, 1.54) is 0 Å². The van der Waals surface area contributed by atoms with E-state index >= 15 is 0 Å². The Morgan fingerprint density at radius 3 is 2.18 bits per heavy atom. The molecule has 0 aromatic carbocycles. The Morgan fingerprint density at radius 2 is 2.00 bits per heavy atom. The summed E-state index contributed by atoms with van der Waals surface area (Å²) in [5.74, 6) is 0.175. The number of rotatable bonds is 1. The summed E-state index contributed by atoms with van der Waals surface area (Å²) in [5.41, 5.74) is 0. The minimum Gasteiger partial charge on any atom is -0.392 e. The van der Waals surface area contributed by atoms with Crippen molar-refractivity contribution < 1.29 is 13.5 Å². The Bertz CT molecular complexity index is 230. The zero-order valence-corrected chi connectivity index (χ0v) is 7.63. The molecule has 0 radical (unpaired) electrons. The molecule has 0 amide bonds. The zero-order valence-electron chi connectivity index (χ0n) is 6.82. The van der Waals surface area contributed by atoms with E-state index in [4.69, 9.17) is 0 Å². The Labute approximate surface area is 67.3 Å². The van der Waals surface area contributed by atoms with Crippen LogP contribution in [0.5, 0.6) is 0 Å². The number of hydrogen-bond donors (Lipinski definition) is 1. The first kappa shape index (κ1) is 9.00. The van der Waals surface area contributed by atoms with Crippen molar-refractivity contribution in [3.05, 3.63) is 0 Å². The molecule has 0 spiro atoms. The van der Waals surface area contributed by atoms with Crippen molar-refractivity contribution in [1.82, 2.24) is 0 Å². The molecule has 11 heavy (non-hydrogen) atoms. The van der Waals surface area contributed by atoms with Crippen molar-refractivity contribution in [2.24, 2.45) is 5.92 Å². The molecule has 1 fully saturated rings. The van der Waals surface area contributed by atoms with Crippen molar-refractivity contribution in [2.75, 3.05) is 5.75 Å². The van der Waals surface area contributed by atoms with E-state index in [2.05, 4.69) is 0 Å². The molecule has 1 rings (SSSR count). The van der Waals surface area contributed by atoms with Gasteiger partial charge in [0.15, 0.2) is 9.84 Å². The second kappa shape index (κ2) is 2.75. The van der Waals surface area contributed by atoms with Gasteiger partial charge in [-0.25, -0.2) is 8.42 Å². The van der Waals surface area contributed by atoms with Crippen LogP contribution in [0.2, 0.25) is 0 Å². The fourth-order valence-corrected chi connectivity index (χ4v) is 3.97. The number of aliphatic hydroxyl groups is 1. The molecule has 1 N–H and O–H groups in total. The molecule has 2 atom stereocenters. The summed E-state index contributed by atoms with van der Waals surface area (Å²) in [6, 6.07) is 0. The van der Waals surface area contributed by atoms with Crippen molar-refractivity contribution in [2.45, 2.75) is 31.6 Å². The minimum atomic E-state index is -2.99. The number of hydrogen-bond acceptors (Lipinski definition) is 3. The predicted octanol–water partition coefficient (Wildman–Crippen LogP) is 0.190. The standard InChI is InChI=1S/C7H14O3S/c1-5(2)7-6(8)3-4-11(7,9)10/h5-8H,3-4H2,1-2H3. The van der Waals surface area contributed by atoms with Crippen LogP contribution >= 0.6 is 0 Å². The average molecular weight is 178 g/mol. The molecule has 4 heteroatoms. The first-order chi connectivity index (χ1) is 4.95. The Kier molecular flexibility index (Phi) is 2.25. The number of sulfone groups is 1. The van der Waals surface area contributed by atoms with Crippen LogP contribution in [-0.2, 0) is 9.84 Å². The van der Waals surface area contributed by atoms with Crippen molar-refractivity contribution in [3.63, 3.8) is 0 Å². The van der Waals surface area contributed by atoms with Gasteiger partial charge >= 0.3 is 0 Å². The summed E-state index contributed by atoms with van der Waals surface area (Å²) in [6.07, 6.45) is -0.231. The highest BCUT2D eigenvalue weighted by Gasteiger charge is 2.40. The molecule has 2 unspecified atom stereocenters. The fourth-order valence-electron chi connectivity index (χ4n) is 1.68. The molecule has 1 saturated heterocycles. The quantitative estimate of drug-likeness (QED) is 0.623. The molecule has 1 aliphatic rings. The van der Waals surface area contributed by atoms with Crippen LogP contribution < -0.4 is 0 Å². The first-order valence-corrected chi connectivity index (χ1v) is 5.56. The van der Waals surface area contributed by atoms with E-state index in [-0.39, 0.29) is 11.7 Å². The first-order valence-electron chi connectivity index (χ1n) is 3.85. The van der Waals surface area contributed by atoms with Gasteiger partial charge in [-0.15, -0.1) is 0 Å². The third-order valence-electron chi connectivity index (χ3n) is 2.15. The zero-order chi connectivity index (χ0) is 8.65. The van der Waals surface area contributed by atoms with Gasteiger partial charge in [0.25, 0.3) is 0 Å². The Morgan fingerprint density at radius 1 is 1.45 bits per heavy atom. The van der Waals surface area contributed by atoms with E-state index in [1.54, 1.807) is 0 Å². The molecule has 0 bridgehead atoms. The predicted molar refractivity (Wildman–Crippen MR) is 43.0 cm³/mol. The van der Waals surface area contributed by atoms with Gasteiger partial charge in [0.1, 0.15) is 0 Å². The molecule has 0 aromatic heterocycles. The summed E-state index contributed by atoms with van der Waals surface area (Å²) < 4.78 is 22.5. The third kappa shape index (κ3) is 1.56. The summed E-state index contributed by atoms with van der Waals surface area (Å²) in [6.45, 7) is 3.66. The summed E-state index contributed by atoms with van der Waals surface area (Å²) in [4.78, 5) is 0. The monoisotopic (exact) mass is 178 g/mol. The maximum atomic E-state index is 11.3. The molecular formula is C7H14O3S. The fraction of sp³-hybridized carbons (Fsp3) is 1.00. The molecule has 66 valence electrons. The second-order valence-corrected chi connectivity index (χ2v) is 5.71. The van der Waals surface area contributed by atoms with Crippen LogP contribution in [0, 0.1) is 5.92 Å². The van der Waals surface area contributed by atoms with Gasteiger partial charge in [0.05, 0.1) is 17.1 Å². The molecule has 3 nitrogen and oxygen atoms in total. The minimum absolute atomic E-state index is 0.0255. The highest BCUT2D eigenvalue weighted by Crippen LogP contribution is 2.26. The Hall–Kier alpha value is -0.0900. The van der Waals surface area contributed by atoms with Crippen molar-refractivity contribution in [1.29, 1.82) is 0 Å². The van der Waals surface area contributed by atoms with Crippen LogP contribution in [0.3, 0.4) is 0 Å². The lowest BCUT2D eigenvalue weighted by molar-refractivity contribution is 0.159. The van der Waals surface area contributed by atoms with Crippen molar-refractivity contribution in [3.8, 4) is 0 Å². The van der Waals surface area contributed by atoms with Crippen LogP contribution in [0.25, 0.3) is 0 Å². The molecular weight excluding hydrogens is 164 g/mol. The summed E-state index contributed by atoms with van der Waals surface area (Å²) >= 11 is 0. The summed E-state index contributed by atoms with van der Waals surface area (Å²) in [5, 5.41) is 8.79. The SMILES string of the molecule is CC(C)C1C(O)CCS1(=O)=O. The van der Waals surface area contributed by atoms with Crippen LogP contribution in [-0.4, -0.2) is 30.6 Å². The smallest absolute Gasteiger partial charge is 0.156 e. The largest absolute Gasteiger partial charge is 0.392 e. The molecule has 0 saturated carbocycles. The van der Waals surface area contributed by atoms with Gasteiger partial charge in [-0.2, -0.15) is 0 Å². The lowest BCUT2D eigenvalue weighted by Gasteiger charge is -2.16. The van der Waals surface area contributed by atoms with Gasteiger partial charge in [0, 0.05) is 0 Å². The Balaban J connectivity index is 2.90. The van der Waals surface area contributed by atoms with E-state index in [1.807, 2.05) is 13.8 Å². The number of aliphatic hydroxyl groups excluding tert-OH is 1. The molecule has 0 aromatic rings. The topological polar surface area (TPSA) is 54.4 Å². The van der Waals surface area contributed by atoms with E-state index in [0.29, 0.717) is 6.42 Å². The maximum Gasteiger partial charge on any atom is 0.156 e. The highest BCUT2D eigenvalue weighted by molar-refractivity contribution is 7.92. The van der Waals surface area contributed by atoms with E-state index < -0.39 is 21.2 Å². The average Bonchev–Trinajstić information content (AvgIpc) is 2.06. The van der Waals surface area contributed by atoms with Gasteiger partial charge in [-0.1, -0.05) is 13.8 Å². The summed E-state index contributed by atoms with van der Waals surface area (Å²) in [7, 11) is -2.99. The van der Waals surface area contributed by atoms with Crippen molar-refractivity contribution >= 4 is 9.84 Å². The normalized spacial score (nSPS) is 36.4. The molecule has 1 heterocycles. The van der Waals surface area contributed by atoms with Crippen LogP contribution in [0.15, 0.2) is 0 Å². The van der Waals surface area contributed by atoms with Crippen LogP contribution in [0.1, 0.15) is 20.3 Å². The lowest BCUT2D eigenvalue weighted by Crippen LogP contribution is -2.31. The van der Waals surface area contributed by atoms with Gasteiger partial charge in [-0.3, -0.25) is 0 Å². The highest BCUT2D eigenvalue weighted by atomic mass is 32.2. The van der Waals surface area contributed by atoms with Gasteiger partial charge in [-0.05, 0) is 12.3 Å².